The molecule has 1 heterocycles. The van der Waals surface area contributed by atoms with Crippen molar-refractivity contribution < 1.29 is 32.9 Å². The summed E-state index contributed by atoms with van der Waals surface area (Å²) in [6.45, 7) is 3.21. The van der Waals surface area contributed by atoms with Gasteiger partial charge in [-0.05, 0) is 72.1 Å². The maximum Gasteiger partial charge on any atom is 0.519 e. The lowest BCUT2D eigenvalue weighted by Gasteiger charge is -2.41. The minimum absolute atomic E-state index is 0.255. The minimum Gasteiger partial charge on any atom is -0.438 e. The quantitative estimate of drug-likeness (QED) is 0.0854. The van der Waals surface area contributed by atoms with Gasteiger partial charge in [0.15, 0.2) is 0 Å². The standard InChI is InChI=1S/C35H27O7P/c1-24(36)39-28-20-16-25(17-21-28)35(2,26-18-22-29(23-19-26)41-34(37)40-27-10-4-3-5-11-27)43(38)33-15-9-7-13-31(33)30-12-6-8-14-32(30)42-43/h3-23H,1-2H3. The fourth-order valence-corrected chi connectivity index (χ4v) is 8.29. The third-order valence-electron chi connectivity index (χ3n) is 7.45. The van der Waals surface area contributed by atoms with E-state index in [9.17, 15) is 9.59 Å². The first-order valence-electron chi connectivity index (χ1n) is 13.6. The normalized spacial score (nSPS) is 16.4. The molecule has 5 aromatic rings. The molecular weight excluding hydrogens is 563 g/mol. The molecule has 0 aliphatic carbocycles. The number of carbonyl (C=O) groups is 2. The summed E-state index contributed by atoms with van der Waals surface area (Å²) < 4.78 is 38.0. The first-order valence-corrected chi connectivity index (χ1v) is 15.2. The lowest BCUT2D eigenvalue weighted by atomic mass is 9.92. The van der Waals surface area contributed by atoms with Gasteiger partial charge >= 0.3 is 12.1 Å². The van der Waals surface area contributed by atoms with Crippen LogP contribution in [0.5, 0.6) is 23.0 Å². The van der Waals surface area contributed by atoms with Crippen LogP contribution in [0.1, 0.15) is 25.0 Å². The molecule has 1 aliphatic heterocycles. The molecule has 0 bridgehead atoms. The lowest BCUT2D eigenvalue weighted by Crippen LogP contribution is -2.34. The van der Waals surface area contributed by atoms with Crippen molar-refractivity contribution in [2.75, 3.05) is 0 Å². The highest BCUT2D eigenvalue weighted by molar-refractivity contribution is 7.69. The van der Waals surface area contributed by atoms with Gasteiger partial charge < -0.3 is 18.7 Å². The number of hydrogen-bond acceptors (Lipinski definition) is 7. The molecular formula is C35H27O7P. The molecule has 0 spiro atoms. The summed E-state index contributed by atoms with van der Waals surface area (Å²) in [5.74, 6) is 1.07. The Morgan fingerprint density at radius 1 is 0.605 bits per heavy atom. The summed E-state index contributed by atoms with van der Waals surface area (Å²) in [5, 5.41) is -0.624. The molecule has 0 amide bonds. The van der Waals surface area contributed by atoms with Crippen LogP contribution in [-0.4, -0.2) is 12.1 Å². The van der Waals surface area contributed by atoms with Crippen LogP contribution in [0.2, 0.25) is 0 Å². The molecule has 214 valence electrons. The summed E-state index contributed by atoms with van der Waals surface area (Å²) in [4.78, 5) is 23.9. The van der Waals surface area contributed by atoms with Gasteiger partial charge in [0, 0.05) is 12.5 Å². The van der Waals surface area contributed by atoms with E-state index in [2.05, 4.69) is 0 Å². The molecule has 2 atom stereocenters. The Balaban J connectivity index is 1.43. The van der Waals surface area contributed by atoms with E-state index in [-0.39, 0.29) is 5.75 Å². The third kappa shape index (κ3) is 5.20. The maximum absolute atomic E-state index is 15.6. The molecule has 8 heteroatoms. The highest BCUT2D eigenvalue weighted by Gasteiger charge is 2.53. The fraction of sp³-hybridized carbons (Fsp3) is 0.0857. The molecule has 5 aromatic carbocycles. The lowest BCUT2D eigenvalue weighted by molar-refractivity contribution is -0.131. The van der Waals surface area contributed by atoms with Gasteiger partial charge in [-0.1, -0.05) is 78.9 Å². The molecule has 1 aliphatic rings. The SMILES string of the molecule is CC(=O)Oc1ccc(C(C)(c2ccc(OC(=O)Oc3ccccc3)cc2)P2(=O)Oc3ccccc3-c3ccccc32)cc1. The molecule has 0 saturated heterocycles. The summed E-state index contributed by atoms with van der Waals surface area (Å²) in [7, 11) is -3.77. The predicted molar refractivity (Wildman–Crippen MR) is 163 cm³/mol. The average molecular weight is 591 g/mol. The molecule has 6 rings (SSSR count). The van der Waals surface area contributed by atoms with Crippen molar-refractivity contribution in [3.63, 3.8) is 0 Å². The topological polar surface area (TPSA) is 88.1 Å². The average Bonchev–Trinajstić information content (AvgIpc) is 3.02. The van der Waals surface area contributed by atoms with Crippen molar-refractivity contribution >= 4 is 24.8 Å². The van der Waals surface area contributed by atoms with E-state index in [4.69, 9.17) is 18.7 Å². The van der Waals surface area contributed by atoms with Crippen molar-refractivity contribution in [1.29, 1.82) is 0 Å². The van der Waals surface area contributed by atoms with Gasteiger partial charge in [0.1, 0.15) is 28.2 Å². The second-order valence-electron chi connectivity index (χ2n) is 10.1. The summed E-state index contributed by atoms with van der Waals surface area (Å²) >= 11 is 0. The Morgan fingerprint density at radius 2 is 1.09 bits per heavy atom. The van der Waals surface area contributed by atoms with E-state index in [0.717, 1.165) is 11.1 Å². The highest BCUT2D eigenvalue weighted by atomic mass is 31.2. The van der Waals surface area contributed by atoms with Gasteiger partial charge in [0.05, 0.1) is 5.30 Å². The Hall–Kier alpha value is -5.13. The van der Waals surface area contributed by atoms with Crippen LogP contribution in [0.4, 0.5) is 4.79 Å². The van der Waals surface area contributed by atoms with Crippen molar-refractivity contribution in [3.05, 3.63) is 139 Å². The number of para-hydroxylation sites is 2. The summed E-state index contributed by atoms with van der Waals surface area (Å²) in [5.41, 5.74) is 3.03. The predicted octanol–water partition coefficient (Wildman–Crippen LogP) is 8.12. The van der Waals surface area contributed by atoms with Crippen LogP contribution in [-0.2, 0) is 14.5 Å². The van der Waals surface area contributed by atoms with Gasteiger partial charge in [-0.15, -0.1) is 0 Å². The zero-order valence-corrected chi connectivity index (χ0v) is 24.3. The maximum atomic E-state index is 15.6. The number of rotatable bonds is 6. The highest BCUT2D eigenvalue weighted by Crippen LogP contribution is 2.69. The Bertz CT molecular complexity index is 1850. The largest absolute Gasteiger partial charge is 0.519 e. The number of benzene rings is 5. The van der Waals surface area contributed by atoms with Gasteiger partial charge in [0.2, 0.25) is 0 Å². The van der Waals surface area contributed by atoms with E-state index in [0.29, 0.717) is 33.7 Å². The van der Waals surface area contributed by atoms with Crippen LogP contribution in [0.15, 0.2) is 127 Å². The molecule has 7 nitrogen and oxygen atoms in total. The Kier molecular flexibility index (Phi) is 7.34. The van der Waals surface area contributed by atoms with Gasteiger partial charge in [0.25, 0.3) is 7.37 Å². The van der Waals surface area contributed by atoms with Gasteiger partial charge in [-0.2, -0.15) is 0 Å². The van der Waals surface area contributed by atoms with Crippen LogP contribution in [0.3, 0.4) is 0 Å². The van der Waals surface area contributed by atoms with E-state index in [1.807, 2.05) is 61.5 Å². The Labute approximate surface area is 249 Å². The molecule has 0 saturated carbocycles. The molecule has 43 heavy (non-hydrogen) atoms. The van der Waals surface area contributed by atoms with Crippen LogP contribution in [0.25, 0.3) is 11.1 Å². The van der Waals surface area contributed by atoms with E-state index in [1.165, 1.54) is 6.92 Å². The number of ether oxygens (including phenoxy) is 3. The summed E-state index contributed by atoms with van der Waals surface area (Å²) in [6, 6.07) is 37.4. The zero-order chi connectivity index (χ0) is 30.0. The van der Waals surface area contributed by atoms with Gasteiger partial charge in [-0.3, -0.25) is 9.36 Å². The third-order valence-corrected chi connectivity index (χ3v) is 10.6. The second kappa shape index (κ2) is 11.3. The van der Waals surface area contributed by atoms with Crippen LogP contribution >= 0.6 is 7.37 Å². The Morgan fingerprint density at radius 3 is 1.70 bits per heavy atom. The minimum atomic E-state index is -3.77. The van der Waals surface area contributed by atoms with Crippen LogP contribution < -0.4 is 24.0 Å². The van der Waals surface area contributed by atoms with Crippen molar-refractivity contribution in [1.82, 2.24) is 0 Å². The number of fused-ring (bicyclic) bond motifs is 3. The van der Waals surface area contributed by atoms with E-state index >= 15 is 4.57 Å². The van der Waals surface area contributed by atoms with Crippen molar-refractivity contribution in [2.24, 2.45) is 0 Å². The van der Waals surface area contributed by atoms with Crippen molar-refractivity contribution in [2.45, 2.75) is 19.0 Å². The van der Waals surface area contributed by atoms with Crippen LogP contribution in [0, 0.1) is 0 Å². The summed E-state index contributed by atoms with van der Waals surface area (Å²) in [6.07, 6.45) is -0.878. The number of esters is 1. The first-order chi connectivity index (χ1) is 20.8. The molecule has 0 fully saturated rings. The van der Waals surface area contributed by atoms with Crippen molar-refractivity contribution in [3.8, 4) is 34.1 Å². The van der Waals surface area contributed by atoms with E-state index < -0.39 is 24.6 Å². The molecule has 2 unspecified atom stereocenters. The molecule has 0 N–H and O–H groups in total. The van der Waals surface area contributed by atoms with E-state index in [1.54, 1.807) is 72.8 Å². The monoisotopic (exact) mass is 590 g/mol. The number of carbonyl (C=O) groups excluding carboxylic acids is 2. The fourth-order valence-electron chi connectivity index (χ4n) is 5.32. The molecule has 0 aromatic heterocycles. The second-order valence-corrected chi connectivity index (χ2v) is 12.8. The number of hydrogen-bond donors (Lipinski definition) is 0. The first kappa shape index (κ1) is 28.0. The smallest absolute Gasteiger partial charge is 0.438 e. The molecule has 0 radical (unpaired) electrons. The van der Waals surface area contributed by atoms with Gasteiger partial charge in [-0.25, -0.2) is 4.79 Å². The zero-order valence-electron chi connectivity index (χ0n) is 23.4.